The van der Waals surface area contributed by atoms with E-state index < -0.39 is 6.10 Å². The van der Waals surface area contributed by atoms with Crippen molar-refractivity contribution in [2.75, 3.05) is 6.61 Å². The summed E-state index contributed by atoms with van der Waals surface area (Å²) < 4.78 is 5.60. The second-order valence-corrected chi connectivity index (χ2v) is 5.46. The van der Waals surface area contributed by atoms with Gasteiger partial charge in [0.1, 0.15) is 5.75 Å². The molecule has 3 unspecified atom stereocenters. The quantitative estimate of drug-likeness (QED) is 0.885. The van der Waals surface area contributed by atoms with E-state index in [0.29, 0.717) is 17.2 Å². The van der Waals surface area contributed by atoms with Crippen LogP contribution in [0.1, 0.15) is 19.4 Å². The van der Waals surface area contributed by atoms with Gasteiger partial charge in [-0.3, -0.25) is 4.79 Å². The largest absolute Gasteiger partial charge is 0.480 e. The SMILES string of the molecule is CC(CO)C(C)NC(=O)C1Cc2cc(Cl)ccc2O1. The Morgan fingerprint density at radius 3 is 3.00 bits per heavy atom. The van der Waals surface area contributed by atoms with Crippen LogP contribution in [0.15, 0.2) is 18.2 Å². The predicted octanol–water partition coefficient (Wildman–Crippen LogP) is 1.78. The molecule has 0 saturated heterocycles. The molecule has 1 aliphatic heterocycles. The van der Waals surface area contributed by atoms with Crippen LogP contribution in [0.3, 0.4) is 0 Å². The zero-order valence-corrected chi connectivity index (χ0v) is 11.8. The van der Waals surface area contributed by atoms with E-state index in [-0.39, 0.29) is 24.5 Å². The Balaban J connectivity index is 1.97. The van der Waals surface area contributed by atoms with Crippen LogP contribution < -0.4 is 10.1 Å². The molecule has 0 fully saturated rings. The van der Waals surface area contributed by atoms with Crippen molar-refractivity contribution in [3.63, 3.8) is 0 Å². The highest BCUT2D eigenvalue weighted by atomic mass is 35.5. The smallest absolute Gasteiger partial charge is 0.261 e. The minimum Gasteiger partial charge on any atom is -0.480 e. The van der Waals surface area contributed by atoms with Gasteiger partial charge in [-0.05, 0) is 36.6 Å². The highest BCUT2D eigenvalue weighted by Gasteiger charge is 2.30. The lowest BCUT2D eigenvalue weighted by Gasteiger charge is -2.21. The predicted molar refractivity (Wildman–Crippen MR) is 73.4 cm³/mol. The van der Waals surface area contributed by atoms with E-state index >= 15 is 0 Å². The third-order valence-electron chi connectivity index (χ3n) is 3.50. The first-order valence-corrected chi connectivity index (χ1v) is 6.75. The van der Waals surface area contributed by atoms with Gasteiger partial charge in [-0.2, -0.15) is 0 Å². The Kier molecular flexibility index (Phi) is 4.32. The van der Waals surface area contributed by atoms with Gasteiger partial charge in [-0.25, -0.2) is 0 Å². The van der Waals surface area contributed by atoms with Crippen LogP contribution in [0.5, 0.6) is 5.75 Å². The average molecular weight is 284 g/mol. The van der Waals surface area contributed by atoms with E-state index in [4.69, 9.17) is 21.4 Å². The molecular weight excluding hydrogens is 266 g/mol. The summed E-state index contributed by atoms with van der Waals surface area (Å²) in [5.74, 6) is 0.578. The summed E-state index contributed by atoms with van der Waals surface area (Å²) in [6.45, 7) is 3.80. The number of rotatable bonds is 4. The number of amides is 1. The fourth-order valence-electron chi connectivity index (χ4n) is 1.98. The molecule has 2 N–H and O–H groups in total. The molecule has 0 aliphatic carbocycles. The Bertz CT molecular complexity index is 478. The molecule has 2 rings (SSSR count). The number of halogens is 1. The van der Waals surface area contributed by atoms with Crippen molar-refractivity contribution in [3.8, 4) is 5.75 Å². The van der Waals surface area contributed by atoms with Gasteiger partial charge in [0, 0.05) is 24.1 Å². The van der Waals surface area contributed by atoms with Crippen LogP contribution in [0.25, 0.3) is 0 Å². The number of hydrogen-bond donors (Lipinski definition) is 2. The normalized spacial score (nSPS) is 20.3. The van der Waals surface area contributed by atoms with E-state index in [1.807, 2.05) is 19.9 Å². The van der Waals surface area contributed by atoms with E-state index in [2.05, 4.69) is 5.32 Å². The Hall–Kier alpha value is -1.26. The number of carbonyl (C=O) groups excluding carboxylic acids is 1. The number of ether oxygens (including phenoxy) is 1. The minimum atomic E-state index is -0.512. The van der Waals surface area contributed by atoms with E-state index in [9.17, 15) is 4.79 Å². The summed E-state index contributed by atoms with van der Waals surface area (Å²) in [5.41, 5.74) is 0.954. The van der Waals surface area contributed by atoms with Crippen molar-refractivity contribution in [2.45, 2.75) is 32.4 Å². The second-order valence-electron chi connectivity index (χ2n) is 5.02. The van der Waals surface area contributed by atoms with Gasteiger partial charge >= 0.3 is 0 Å². The summed E-state index contributed by atoms with van der Waals surface area (Å²) in [4.78, 5) is 12.1. The maximum Gasteiger partial charge on any atom is 0.261 e. The minimum absolute atomic E-state index is 0.0159. The van der Waals surface area contributed by atoms with Gasteiger partial charge in [-0.15, -0.1) is 0 Å². The monoisotopic (exact) mass is 283 g/mol. The first-order valence-electron chi connectivity index (χ1n) is 6.37. The molecule has 104 valence electrons. The maximum atomic E-state index is 12.1. The molecule has 0 aromatic heterocycles. The molecule has 1 aromatic rings. The number of aliphatic hydroxyl groups is 1. The number of nitrogens with one attached hydrogen (secondary N) is 1. The zero-order chi connectivity index (χ0) is 14.0. The third kappa shape index (κ3) is 3.19. The van der Waals surface area contributed by atoms with Gasteiger partial charge in [0.25, 0.3) is 5.91 Å². The second kappa shape index (κ2) is 5.80. The van der Waals surface area contributed by atoms with E-state index in [0.717, 1.165) is 5.56 Å². The number of hydrogen-bond acceptors (Lipinski definition) is 3. The summed E-state index contributed by atoms with van der Waals surface area (Å²) >= 11 is 5.91. The van der Waals surface area contributed by atoms with Gasteiger partial charge < -0.3 is 15.2 Å². The van der Waals surface area contributed by atoms with Crippen LogP contribution in [0, 0.1) is 5.92 Å². The molecule has 0 radical (unpaired) electrons. The first kappa shape index (κ1) is 14.2. The summed E-state index contributed by atoms with van der Waals surface area (Å²) in [6, 6.07) is 5.26. The summed E-state index contributed by atoms with van der Waals surface area (Å²) in [5, 5.41) is 12.6. The van der Waals surface area contributed by atoms with Crippen molar-refractivity contribution in [1.29, 1.82) is 0 Å². The van der Waals surface area contributed by atoms with Crippen molar-refractivity contribution in [3.05, 3.63) is 28.8 Å². The van der Waals surface area contributed by atoms with Crippen LogP contribution in [0.4, 0.5) is 0 Å². The first-order chi connectivity index (χ1) is 9.01. The lowest BCUT2D eigenvalue weighted by atomic mass is 10.0. The Labute approximate surface area is 117 Å². The highest BCUT2D eigenvalue weighted by Crippen LogP contribution is 2.31. The third-order valence-corrected chi connectivity index (χ3v) is 3.74. The Morgan fingerprint density at radius 2 is 2.32 bits per heavy atom. The van der Waals surface area contributed by atoms with Crippen LogP contribution in [-0.2, 0) is 11.2 Å². The van der Waals surface area contributed by atoms with Crippen LogP contribution in [-0.4, -0.2) is 29.8 Å². The number of benzene rings is 1. The lowest BCUT2D eigenvalue weighted by molar-refractivity contribution is -0.128. The van der Waals surface area contributed by atoms with Crippen LogP contribution >= 0.6 is 11.6 Å². The summed E-state index contributed by atoms with van der Waals surface area (Å²) in [7, 11) is 0. The zero-order valence-electron chi connectivity index (χ0n) is 11.0. The molecule has 1 aliphatic rings. The molecule has 4 nitrogen and oxygen atoms in total. The standard InChI is InChI=1S/C14H18ClNO3/c1-8(7-17)9(2)16-14(18)13-6-10-5-11(15)3-4-12(10)19-13/h3-5,8-9,13,17H,6-7H2,1-2H3,(H,16,18). The molecule has 0 saturated carbocycles. The number of carbonyl (C=O) groups is 1. The molecule has 5 heteroatoms. The molecule has 3 atom stereocenters. The Morgan fingerprint density at radius 1 is 1.58 bits per heavy atom. The molecule has 1 heterocycles. The molecule has 1 aromatic carbocycles. The van der Waals surface area contributed by atoms with Crippen molar-refractivity contribution in [2.24, 2.45) is 5.92 Å². The van der Waals surface area contributed by atoms with Gasteiger partial charge in [0.15, 0.2) is 6.10 Å². The maximum absolute atomic E-state index is 12.1. The molecular formula is C14H18ClNO3. The number of fused-ring (bicyclic) bond motifs is 1. The van der Waals surface area contributed by atoms with Gasteiger partial charge in [-0.1, -0.05) is 18.5 Å². The van der Waals surface area contributed by atoms with Crippen molar-refractivity contribution < 1.29 is 14.6 Å². The van der Waals surface area contributed by atoms with E-state index in [1.54, 1.807) is 12.1 Å². The van der Waals surface area contributed by atoms with Crippen molar-refractivity contribution >= 4 is 17.5 Å². The van der Waals surface area contributed by atoms with Crippen LogP contribution in [0.2, 0.25) is 5.02 Å². The topological polar surface area (TPSA) is 58.6 Å². The molecule has 19 heavy (non-hydrogen) atoms. The molecule has 0 bridgehead atoms. The average Bonchev–Trinajstić information content (AvgIpc) is 2.80. The molecule has 0 spiro atoms. The summed E-state index contributed by atoms with van der Waals surface area (Å²) in [6.07, 6.45) is 0.0175. The number of aliphatic hydroxyl groups excluding tert-OH is 1. The van der Waals surface area contributed by atoms with E-state index in [1.165, 1.54) is 0 Å². The fourth-order valence-corrected chi connectivity index (χ4v) is 2.18. The highest BCUT2D eigenvalue weighted by molar-refractivity contribution is 6.30. The fraction of sp³-hybridized carbons (Fsp3) is 0.500. The van der Waals surface area contributed by atoms with Gasteiger partial charge in [0.2, 0.25) is 0 Å². The van der Waals surface area contributed by atoms with Gasteiger partial charge in [0.05, 0.1) is 0 Å². The van der Waals surface area contributed by atoms with Crippen molar-refractivity contribution in [1.82, 2.24) is 5.32 Å². The molecule has 1 amide bonds. The lowest BCUT2D eigenvalue weighted by Crippen LogP contribution is -2.45.